The van der Waals surface area contributed by atoms with Gasteiger partial charge in [-0.25, -0.2) is 4.79 Å². The van der Waals surface area contributed by atoms with Gasteiger partial charge in [0.05, 0.1) is 26.9 Å². The molecule has 1 saturated heterocycles. The van der Waals surface area contributed by atoms with E-state index >= 15 is 0 Å². The summed E-state index contributed by atoms with van der Waals surface area (Å²) in [5, 5.41) is 3.04. The van der Waals surface area contributed by atoms with Gasteiger partial charge >= 0.3 is 6.03 Å². The van der Waals surface area contributed by atoms with Crippen LogP contribution in [0.25, 0.3) is 0 Å². The number of methoxy groups -OCH3 is 1. The van der Waals surface area contributed by atoms with Gasteiger partial charge < -0.3 is 29.2 Å². The van der Waals surface area contributed by atoms with Gasteiger partial charge in [-0.2, -0.15) is 0 Å². The van der Waals surface area contributed by atoms with Crippen LogP contribution in [0.2, 0.25) is 0 Å². The molecule has 2 amide bonds. The lowest BCUT2D eigenvalue weighted by Crippen LogP contribution is -2.40. The molecule has 8 nitrogen and oxygen atoms in total. The van der Waals surface area contributed by atoms with Crippen LogP contribution >= 0.6 is 0 Å². The molecule has 0 atom stereocenters. The molecular weight excluding hydrogens is 494 g/mol. The fourth-order valence-corrected chi connectivity index (χ4v) is 4.45. The molecule has 3 aromatic rings. The molecule has 0 unspecified atom stereocenters. The first-order valence-electron chi connectivity index (χ1n) is 13.6. The molecule has 0 radical (unpaired) electrons. The molecule has 0 aliphatic carbocycles. The minimum absolute atomic E-state index is 0.149. The maximum Gasteiger partial charge on any atom is 0.322 e. The molecule has 3 aromatic carbocycles. The van der Waals surface area contributed by atoms with E-state index in [4.69, 9.17) is 18.9 Å². The molecule has 1 heterocycles. The molecular formula is C31H39N3O5. The van der Waals surface area contributed by atoms with Crippen LogP contribution < -0.4 is 19.5 Å². The van der Waals surface area contributed by atoms with Crippen molar-refractivity contribution in [3.05, 3.63) is 83.9 Å². The summed E-state index contributed by atoms with van der Waals surface area (Å²) in [6.45, 7) is 8.38. The second-order valence-corrected chi connectivity index (χ2v) is 9.38. The normalized spacial score (nSPS) is 13.5. The molecule has 8 heteroatoms. The largest absolute Gasteiger partial charge is 0.494 e. The van der Waals surface area contributed by atoms with Crippen LogP contribution in [-0.4, -0.2) is 68.9 Å². The van der Waals surface area contributed by atoms with Crippen molar-refractivity contribution in [1.82, 2.24) is 9.80 Å². The highest BCUT2D eigenvalue weighted by atomic mass is 16.5. The Hall–Kier alpha value is -3.75. The van der Waals surface area contributed by atoms with Crippen molar-refractivity contribution in [3.8, 4) is 17.2 Å². The molecule has 1 aliphatic heterocycles. The Kier molecular flexibility index (Phi) is 10.9. The first kappa shape index (κ1) is 28.3. The molecule has 1 aliphatic rings. The van der Waals surface area contributed by atoms with Crippen LogP contribution in [0.1, 0.15) is 24.5 Å². The maximum absolute atomic E-state index is 13.4. The zero-order valence-electron chi connectivity index (χ0n) is 22.9. The van der Waals surface area contributed by atoms with Crippen molar-refractivity contribution >= 4 is 11.7 Å². The maximum atomic E-state index is 13.4. The van der Waals surface area contributed by atoms with Gasteiger partial charge in [-0.15, -0.1) is 0 Å². The number of carbonyl (C=O) groups excluding carboxylic acids is 1. The molecule has 0 spiro atoms. The van der Waals surface area contributed by atoms with Gasteiger partial charge in [0.1, 0.15) is 12.4 Å². The van der Waals surface area contributed by atoms with Crippen molar-refractivity contribution < 1.29 is 23.7 Å². The highest BCUT2D eigenvalue weighted by molar-refractivity contribution is 5.89. The molecule has 0 saturated carbocycles. The summed E-state index contributed by atoms with van der Waals surface area (Å²) in [5.41, 5.74) is 2.78. The Bertz CT molecular complexity index is 1150. The topological polar surface area (TPSA) is 72.5 Å². The number of morpholine rings is 1. The average Bonchev–Trinajstić information content (AvgIpc) is 2.98. The zero-order chi connectivity index (χ0) is 27.3. The number of carbonyl (C=O) groups is 1. The van der Waals surface area contributed by atoms with Gasteiger partial charge in [-0.05, 0) is 60.9 Å². The SMILES string of the molecule is CCOc1ccc(NC(=O)N(CCCN2CCOCC2)Cc2ccc(OCc3ccccc3)c(OC)c2)cc1. The Labute approximate surface area is 231 Å². The minimum Gasteiger partial charge on any atom is -0.494 e. The van der Waals surface area contributed by atoms with E-state index < -0.39 is 0 Å². The third kappa shape index (κ3) is 8.90. The van der Waals surface area contributed by atoms with Crippen molar-refractivity contribution in [2.75, 3.05) is 58.4 Å². The summed E-state index contributed by atoms with van der Waals surface area (Å²) in [4.78, 5) is 17.6. The lowest BCUT2D eigenvalue weighted by Gasteiger charge is -2.28. The van der Waals surface area contributed by atoms with Crippen LogP contribution in [0.4, 0.5) is 10.5 Å². The van der Waals surface area contributed by atoms with Gasteiger partial charge in [0.2, 0.25) is 0 Å². The number of ether oxygens (including phenoxy) is 4. The van der Waals surface area contributed by atoms with Crippen molar-refractivity contribution in [2.24, 2.45) is 0 Å². The van der Waals surface area contributed by atoms with Crippen LogP contribution in [0.5, 0.6) is 17.2 Å². The number of nitrogens with zero attached hydrogens (tertiary/aromatic N) is 2. The summed E-state index contributed by atoms with van der Waals surface area (Å²) < 4.78 is 22.6. The van der Waals surface area contributed by atoms with Gasteiger partial charge in [-0.3, -0.25) is 4.90 Å². The fraction of sp³-hybridized carbons (Fsp3) is 0.387. The van der Waals surface area contributed by atoms with Crippen molar-refractivity contribution in [2.45, 2.75) is 26.5 Å². The first-order valence-corrected chi connectivity index (χ1v) is 13.6. The number of urea groups is 1. The van der Waals surface area contributed by atoms with E-state index in [0.717, 1.165) is 61.8 Å². The second-order valence-electron chi connectivity index (χ2n) is 9.38. The molecule has 0 bridgehead atoms. The Morgan fingerprint density at radius 3 is 2.44 bits per heavy atom. The summed E-state index contributed by atoms with van der Waals surface area (Å²) in [7, 11) is 1.63. The Morgan fingerprint density at radius 2 is 1.72 bits per heavy atom. The minimum atomic E-state index is -0.149. The number of amides is 2. The predicted molar refractivity (Wildman–Crippen MR) is 153 cm³/mol. The summed E-state index contributed by atoms with van der Waals surface area (Å²) in [6.07, 6.45) is 0.867. The van der Waals surface area contributed by atoms with E-state index in [1.807, 2.05) is 84.6 Å². The zero-order valence-corrected chi connectivity index (χ0v) is 22.9. The van der Waals surface area contributed by atoms with Crippen LogP contribution in [0.3, 0.4) is 0 Å². The first-order chi connectivity index (χ1) is 19.1. The molecule has 39 heavy (non-hydrogen) atoms. The lowest BCUT2D eigenvalue weighted by molar-refractivity contribution is 0.0365. The van der Waals surface area contributed by atoms with E-state index in [1.54, 1.807) is 7.11 Å². The Morgan fingerprint density at radius 1 is 0.949 bits per heavy atom. The standard InChI is InChI=1S/C31H39N3O5/c1-3-38-28-13-11-27(12-14-28)32-31(35)34(17-7-16-33-18-20-37-21-19-33)23-26-10-15-29(30(22-26)36-2)39-24-25-8-5-4-6-9-25/h4-6,8-15,22H,3,7,16-21,23-24H2,1-2H3,(H,32,35). The number of hydrogen-bond acceptors (Lipinski definition) is 6. The average molecular weight is 534 g/mol. The molecule has 0 aromatic heterocycles. The van der Waals surface area contributed by atoms with Gasteiger partial charge in [0.25, 0.3) is 0 Å². The van der Waals surface area contributed by atoms with Crippen molar-refractivity contribution in [1.29, 1.82) is 0 Å². The van der Waals surface area contributed by atoms with Crippen LogP contribution in [0, 0.1) is 0 Å². The molecule has 4 rings (SSSR count). The molecule has 208 valence electrons. The number of benzene rings is 3. The summed E-state index contributed by atoms with van der Waals surface area (Å²) >= 11 is 0. The Balaban J connectivity index is 1.42. The van der Waals surface area contributed by atoms with Gasteiger partial charge in [0, 0.05) is 38.4 Å². The second kappa shape index (κ2) is 15.0. The number of nitrogens with one attached hydrogen (secondary N) is 1. The summed E-state index contributed by atoms with van der Waals surface area (Å²) in [5.74, 6) is 2.09. The quantitative estimate of drug-likeness (QED) is 0.316. The number of hydrogen-bond donors (Lipinski definition) is 1. The fourth-order valence-electron chi connectivity index (χ4n) is 4.45. The predicted octanol–water partition coefficient (Wildman–Crippen LogP) is 5.43. The van der Waals surface area contributed by atoms with Crippen LogP contribution in [0.15, 0.2) is 72.8 Å². The summed E-state index contributed by atoms with van der Waals surface area (Å²) in [6, 6.07) is 23.2. The smallest absolute Gasteiger partial charge is 0.322 e. The highest BCUT2D eigenvalue weighted by Crippen LogP contribution is 2.29. The van der Waals surface area contributed by atoms with Crippen LogP contribution in [-0.2, 0) is 17.9 Å². The molecule has 1 N–H and O–H groups in total. The number of anilines is 1. The van der Waals surface area contributed by atoms with E-state index in [9.17, 15) is 4.79 Å². The highest BCUT2D eigenvalue weighted by Gasteiger charge is 2.17. The van der Waals surface area contributed by atoms with Gasteiger partial charge in [-0.1, -0.05) is 36.4 Å². The third-order valence-electron chi connectivity index (χ3n) is 6.55. The van der Waals surface area contributed by atoms with E-state index in [2.05, 4.69) is 10.2 Å². The van der Waals surface area contributed by atoms with E-state index in [1.165, 1.54) is 0 Å². The lowest BCUT2D eigenvalue weighted by atomic mass is 10.1. The van der Waals surface area contributed by atoms with E-state index in [-0.39, 0.29) is 6.03 Å². The third-order valence-corrected chi connectivity index (χ3v) is 6.55. The monoisotopic (exact) mass is 533 g/mol. The van der Waals surface area contributed by atoms with E-state index in [0.29, 0.717) is 37.8 Å². The molecule has 1 fully saturated rings. The van der Waals surface area contributed by atoms with Crippen molar-refractivity contribution in [3.63, 3.8) is 0 Å². The van der Waals surface area contributed by atoms with Gasteiger partial charge in [0.15, 0.2) is 11.5 Å². The number of rotatable bonds is 13.